The molecule has 27 heavy (non-hydrogen) atoms. The Hall–Kier alpha value is -3.34. The van der Waals surface area contributed by atoms with E-state index in [4.69, 9.17) is 4.74 Å². The minimum Gasteiger partial charge on any atom is -0.457 e. The number of hydrogen-bond acceptors (Lipinski definition) is 3. The normalized spacial score (nSPS) is 10.6. The minimum absolute atomic E-state index is 0.0519. The van der Waals surface area contributed by atoms with E-state index in [2.05, 4.69) is 6.58 Å². The Morgan fingerprint density at radius 2 is 1.63 bits per heavy atom. The van der Waals surface area contributed by atoms with Crippen LogP contribution in [-0.2, 0) is 17.9 Å². The fourth-order valence-corrected chi connectivity index (χ4v) is 2.95. The van der Waals surface area contributed by atoms with Gasteiger partial charge in [-0.15, -0.1) is 0 Å². The van der Waals surface area contributed by atoms with Gasteiger partial charge in [0, 0.05) is 0 Å². The maximum Gasteiger partial charge on any atom is 0.346 e. The number of ether oxygens (including phenoxy) is 1. The van der Waals surface area contributed by atoms with E-state index >= 15 is 0 Å². The quantitative estimate of drug-likeness (QED) is 0.494. The van der Waals surface area contributed by atoms with Crippen molar-refractivity contribution in [3.8, 4) is 5.69 Å². The number of para-hydroxylation sites is 1. The van der Waals surface area contributed by atoms with Crippen LogP contribution in [0.1, 0.15) is 28.5 Å². The number of carbonyl (C=O) groups excluding carboxylic acids is 1. The highest BCUT2D eigenvalue weighted by atomic mass is 16.5. The number of carbonyl (C=O) groups is 1. The molecule has 0 unspecified atom stereocenters. The van der Waals surface area contributed by atoms with Crippen molar-refractivity contribution in [2.75, 3.05) is 0 Å². The van der Waals surface area contributed by atoms with Crippen LogP contribution in [-0.4, -0.2) is 15.3 Å². The highest BCUT2D eigenvalue weighted by molar-refractivity contribution is 5.90. The lowest BCUT2D eigenvalue weighted by atomic mass is 10.2. The lowest BCUT2D eigenvalue weighted by molar-refractivity contribution is 0.0470. The fraction of sp³-hybridized carbons (Fsp3) is 0.182. The van der Waals surface area contributed by atoms with Crippen molar-refractivity contribution in [1.82, 2.24) is 9.36 Å². The van der Waals surface area contributed by atoms with Crippen LogP contribution in [0.15, 0.2) is 77.6 Å². The smallest absolute Gasteiger partial charge is 0.346 e. The van der Waals surface area contributed by atoms with Crippen molar-refractivity contribution >= 4 is 5.97 Å². The zero-order valence-electron chi connectivity index (χ0n) is 15.5. The van der Waals surface area contributed by atoms with E-state index in [9.17, 15) is 9.59 Å². The molecule has 0 amide bonds. The molecule has 0 aliphatic rings. The summed E-state index contributed by atoms with van der Waals surface area (Å²) in [6, 6.07) is 18.6. The predicted octanol–water partition coefficient (Wildman–Crippen LogP) is 3.88. The van der Waals surface area contributed by atoms with Gasteiger partial charge in [-0.25, -0.2) is 9.48 Å². The maximum absolute atomic E-state index is 13.1. The predicted molar refractivity (Wildman–Crippen MR) is 105 cm³/mol. The van der Waals surface area contributed by atoms with Crippen LogP contribution in [0.25, 0.3) is 5.69 Å². The van der Waals surface area contributed by atoms with Gasteiger partial charge in [0.2, 0.25) is 0 Å². The number of nitrogens with zero attached hydrogens (tertiary/aromatic N) is 2. The molecule has 0 saturated heterocycles. The fourth-order valence-electron chi connectivity index (χ4n) is 2.95. The third-order valence-corrected chi connectivity index (χ3v) is 4.23. The SMILES string of the molecule is C=C(C)Cn1c(C)c(C(=O)OCc2ccccc2)c(=O)n1-c1ccccc1. The van der Waals surface area contributed by atoms with Gasteiger partial charge >= 0.3 is 5.97 Å². The van der Waals surface area contributed by atoms with Crippen LogP contribution < -0.4 is 5.56 Å². The van der Waals surface area contributed by atoms with Gasteiger partial charge in [0.1, 0.15) is 12.2 Å². The molecule has 0 bridgehead atoms. The van der Waals surface area contributed by atoms with Crippen LogP contribution in [0.4, 0.5) is 0 Å². The van der Waals surface area contributed by atoms with Crippen molar-refractivity contribution in [1.29, 1.82) is 0 Å². The van der Waals surface area contributed by atoms with Gasteiger partial charge in [0.05, 0.1) is 17.9 Å². The number of hydrogen-bond donors (Lipinski definition) is 0. The first kappa shape index (κ1) is 18.5. The van der Waals surface area contributed by atoms with Crippen LogP contribution in [0.2, 0.25) is 0 Å². The van der Waals surface area contributed by atoms with Gasteiger partial charge in [0.25, 0.3) is 5.56 Å². The lowest BCUT2D eigenvalue weighted by Crippen LogP contribution is -2.24. The van der Waals surface area contributed by atoms with Crippen molar-refractivity contribution in [3.63, 3.8) is 0 Å². The Balaban J connectivity index is 2.00. The summed E-state index contributed by atoms with van der Waals surface area (Å²) in [5, 5.41) is 0. The largest absolute Gasteiger partial charge is 0.457 e. The third kappa shape index (κ3) is 3.92. The molecule has 5 nitrogen and oxygen atoms in total. The van der Waals surface area contributed by atoms with Crippen molar-refractivity contribution in [2.24, 2.45) is 0 Å². The molecule has 3 rings (SSSR count). The van der Waals surface area contributed by atoms with Gasteiger partial charge < -0.3 is 4.74 Å². The van der Waals surface area contributed by atoms with Crippen molar-refractivity contribution in [3.05, 3.63) is 100.0 Å². The van der Waals surface area contributed by atoms with E-state index < -0.39 is 11.5 Å². The first-order valence-electron chi connectivity index (χ1n) is 8.72. The molecule has 1 aromatic heterocycles. The number of rotatable bonds is 6. The van der Waals surface area contributed by atoms with E-state index in [0.717, 1.165) is 11.1 Å². The molecule has 0 atom stereocenters. The summed E-state index contributed by atoms with van der Waals surface area (Å²) in [5.74, 6) is -0.619. The average Bonchev–Trinajstić information content (AvgIpc) is 2.91. The number of aromatic nitrogens is 2. The second-order valence-corrected chi connectivity index (χ2v) is 6.49. The molecule has 0 spiro atoms. The van der Waals surface area contributed by atoms with E-state index in [0.29, 0.717) is 17.9 Å². The summed E-state index contributed by atoms with van der Waals surface area (Å²) in [5.41, 5.74) is 2.66. The van der Waals surface area contributed by atoms with Crippen molar-refractivity contribution in [2.45, 2.75) is 27.0 Å². The van der Waals surface area contributed by atoms with E-state index in [1.54, 1.807) is 11.6 Å². The standard InChI is InChI=1S/C22H22N2O3/c1-16(2)14-23-17(3)20(21(25)24(23)19-12-8-5-9-13-19)22(26)27-15-18-10-6-4-7-11-18/h4-13H,1,14-15H2,2-3H3. The molecule has 3 aromatic rings. The molecule has 1 heterocycles. The molecule has 138 valence electrons. The number of esters is 1. The molecule has 5 heteroatoms. The zero-order chi connectivity index (χ0) is 19.4. The Bertz CT molecular complexity index is 1010. The highest BCUT2D eigenvalue weighted by Gasteiger charge is 2.24. The van der Waals surface area contributed by atoms with E-state index in [-0.39, 0.29) is 12.2 Å². The summed E-state index contributed by atoms with van der Waals surface area (Å²) >= 11 is 0. The molecule has 0 fully saturated rings. The second-order valence-electron chi connectivity index (χ2n) is 6.49. The Kier molecular flexibility index (Phi) is 5.41. The third-order valence-electron chi connectivity index (χ3n) is 4.23. The molecule has 2 aromatic carbocycles. The van der Waals surface area contributed by atoms with Gasteiger partial charge in [-0.2, -0.15) is 0 Å². The molecule has 0 saturated carbocycles. The molecule has 0 radical (unpaired) electrons. The minimum atomic E-state index is -0.619. The average molecular weight is 362 g/mol. The molecule has 0 aliphatic carbocycles. The van der Waals surface area contributed by atoms with Gasteiger partial charge in [0.15, 0.2) is 0 Å². The van der Waals surface area contributed by atoms with Crippen LogP contribution in [0, 0.1) is 6.92 Å². The second kappa shape index (κ2) is 7.91. The summed E-state index contributed by atoms with van der Waals surface area (Å²) in [6.07, 6.45) is 0. The zero-order valence-corrected chi connectivity index (χ0v) is 15.5. The Morgan fingerprint density at radius 1 is 1.04 bits per heavy atom. The molecular weight excluding hydrogens is 340 g/mol. The number of benzene rings is 2. The summed E-state index contributed by atoms with van der Waals surface area (Å²) in [4.78, 5) is 25.7. The topological polar surface area (TPSA) is 53.2 Å². The van der Waals surface area contributed by atoms with Crippen LogP contribution in [0.3, 0.4) is 0 Å². The van der Waals surface area contributed by atoms with Crippen LogP contribution >= 0.6 is 0 Å². The van der Waals surface area contributed by atoms with E-state index in [1.165, 1.54) is 4.68 Å². The summed E-state index contributed by atoms with van der Waals surface area (Å²) < 4.78 is 8.66. The van der Waals surface area contributed by atoms with E-state index in [1.807, 2.05) is 67.6 Å². The maximum atomic E-state index is 13.1. The summed E-state index contributed by atoms with van der Waals surface area (Å²) in [6.45, 7) is 8.12. The highest BCUT2D eigenvalue weighted by Crippen LogP contribution is 2.15. The lowest BCUT2D eigenvalue weighted by Gasteiger charge is -2.13. The van der Waals surface area contributed by atoms with Crippen molar-refractivity contribution < 1.29 is 9.53 Å². The molecule has 0 N–H and O–H groups in total. The first-order valence-corrected chi connectivity index (χ1v) is 8.72. The Labute approximate surface area is 158 Å². The summed E-state index contributed by atoms with van der Waals surface area (Å²) in [7, 11) is 0. The first-order chi connectivity index (χ1) is 13.0. The van der Waals surface area contributed by atoms with Gasteiger partial charge in [-0.3, -0.25) is 9.48 Å². The monoisotopic (exact) mass is 362 g/mol. The molecule has 0 aliphatic heterocycles. The Morgan fingerprint density at radius 3 is 2.22 bits per heavy atom. The van der Waals surface area contributed by atoms with Crippen LogP contribution in [0.5, 0.6) is 0 Å². The molecular formula is C22H22N2O3. The number of allylic oxidation sites excluding steroid dienone is 1. The van der Waals surface area contributed by atoms with Gasteiger partial charge in [-0.1, -0.05) is 60.7 Å². The van der Waals surface area contributed by atoms with Gasteiger partial charge in [-0.05, 0) is 31.5 Å².